The van der Waals surface area contributed by atoms with Crippen LogP contribution in [-0.2, 0) is 19.1 Å². The van der Waals surface area contributed by atoms with Crippen molar-refractivity contribution >= 4 is 17.8 Å². The molecule has 1 heterocycles. The lowest BCUT2D eigenvalue weighted by molar-refractivity contribution is -0.151. The molecule has 0 aromatic heterocycles. The summed E-state index contributed by atoms with van der Waals surface area (Å²) in [6.07, 6.45) is 0.691. The molecule has 1 saturated heterocycles. The Labute approximate surface area is 106 Å². The molecule has 1 aliphatic heterocycles. The van der Waals surface area contributed by atoms with Crippen LogP contribution in [-0.4, -0.2) is 47.5 Å². The SMILES string of the molecule is CC[C@H](C)[C@@H](C(=O)O)N1CC(C(=O)OC)CC1=O. The summed E-state index contributed by atoms with van der Waals surface area (Å²) in [5, 5.41) is 9.22. The Kier molecular flexibility index (Phi) is 4.69. The molecule has 1 N–H and O–H groups in total. The number of rotatable bonds is 5. The van der Waals surface area contributed by atoms with Gasteiger partial charge in [0.2, 0.25) is 5.91 Å². The zero-order chi connectivity index (χ0) is 13.9. The number of amides is 1. The Morgan fingerprint density at radius 2 is 2.17 bits per heavy atom. The number of hydrogen-bond donors (Lipinski definition) is 1. The zero-order valence-electron chi connectivity index (χ0n) is 10.9. The lowest BCUT2D eigenvalue weighted by atomic mass is 9.98. The molecule has 6 heteroatoms. The average Bonchev–Trinajstić information content (AvgIpc) is 2.70. The van der Waals surface area contributed by atoms with Gasteiger partial charge in [0.1, 0.15) is 6.04 Å². The van der Waals surface area contributed by atoms with E-state index in [1.165, 1.54) is 12.0 Å². The molecule has 102 valence electrons. The maximum absolute atomic E-state index is 11.8. The van der Waals surface area contributed by atoms with Gasteiger partial charge >= 0.3 is 11.9 Å². The van der Waals surface area contributed by atoms with Crippen LogP contribution in [0.15, 0.2) is 0 Å². The molecule has 0 radical (unpaired) electrons. The molecule has 1 amide bonds. The van der Waals surface area contributed by atoms with Crippen molar-refractivity contribution in [3.8, 4) is 0 Å². The lowest BCUT2D eigenvalue weighted by Gasteiger charge is -2.28. The van der Waals surface area contributed by atoms with Gasteiger partial charge in [0, 0.05) is 13.0 Å². The van der Waals surface area contributed by atoms with E-state index in [1.54, 1.807) is 6.92 Å². The van der Waals surface area contributed by atoms with Crippen LogP contribution in [0.2, 0.25) is 0 Å². The number of hydrogen-bond acceptors (Lipinski definition) is 4. The van der Waals surface area contributed by atoms with Gasteiger partial charge in [-0.15, -0.1) is 0 Å². The Morgan fingerprint density at radius 1 is 1.56 bits per heavy atom. The molecule has 0 aromatic carbocycles. The number of nitrogens with zero attached hydrogens (tertiary/aromatic N) is 1. The number of esters is 1. The van der Waals surface area contributed by atoms with Crippen molar-refractivity contribution in [3.63, 3.8) is 0 Å². The molecular weight excluding hydrogens is 238 g/mol. The fraction of sp³-hybridized carbons (Fsp3) is 0.750. The first kappa shape index (κ1) is 14.5. The number of likely N-dealkylation sites (tertiary alicyclic amines) is 1. The highest BCUT2D eigenvalue weighted by molar-refractivity contribution is 5.90. The maximum Gasteiger partial charge on any atom is 0.326 e. The summed E-state index contributed by atoms with van der Waals surface area (Å²) >= 11 is 0. The minimum atomic E-state index is -1.02. The van der Waals surface area contributed by atoms with Crippen molar-refractivity contribution in [1.82, 2.24) is 4.90 Å². The van der Waals surface area contributed by atoms with Crippen LogP contribution in [0.3, 0.4) is 0 Å². The molecule has 0 saturated carbocycles. The van der Waals surface area contributed by atoms with Crippen molar-refractivity contribution in [2.45, 2.75) is 32.7 Å². The van der Waals surface area contributed by atoms with E-state index in [-0.39, 0.29) is 24.8 Å². The van der Waals surface area contributed by atoms with Gasteiger partial charge < -0.3 is 14.7 Å². The van der Waals surface area contributed by atoms with Crippen molar-refractivity contribution < 1.29 is 24.2 Å². The Morgan fingerprint density at radius 3 is 2.61 bits per heavy atom. The Bertz CT molecular complexity index is 354. The van der Waals surface area contributed by atoms with Gasteiger partial charge in [0.15, 0.2) is 0 Å². The van der Waals surface area contributed by atoms with Crippen LogP contribution in [0, 0.1) is 11.8 Å². The van der Waals surface area contributed by atoms with Crippen LogP contribution < -0.4 is 0 Å². The first-order valence-electron chi connectivity index (χ1n) is 6.02. The van der Waals surface area contributed by atoms with Gasteiger partial charge in [0.05, 0.1) is 13.0 Å². The summed E-state index contributed by atoms with van der Waals surface area (Å²) in [5.74, 6) is -2.48. The number of carboxylic acid groups (broad SMARTS) is 1. The van der Waals surface area contributed by atoms with E-state index in [2.05, 4.69) is 4.74 Å². The predicted octanol–water partition coefficient (Wildman–Crippen LogP) is 0.507. The van der Waals surface area contributed by atoms with E-state index in [0.29, 0.717) is 6.42 Å². The van der Waals surface area contributed by atoms with Crippen LogP contribution in [0.5, 0.6) is 0 Å². The van der Waals surface area contributed by atoms with Gasteiger partial charge in [0.25, 0.3) is 0 Å². The highest BCUT2D eigenvalue weighted by Gasteiger charge is 2.42. The average molecular weight is 257 g/mol. The summed E-state index contributed by atoms with van der Waals surface area (Å²) < 4.78 is 4.59. The van der Waals surface area contributed by atoms with Gasteiger partial charge in [-0.3, -0.25) is 9.59 Å². The second kappa shape index (κ2) is 5.84. The summed E-state index contributed by atoms with van der Waals surface area (Å²) in [4.78, 5) is 35.8. The molecule has 0 aliphatic carbocycles. The van der Waals surface area contributed by atoms with Crippen LogP contribution in [0.4, 0.5) is 0 Å². The molecule has 0 spiro atoms. The first-order chi connectivity index (χ1) is 8.42. The number of carbonyl (C=O) groups is 3. The van der Waals surface area contributed by atoms with Crippen LogP contribution in [0.1, 0.15) is 26.7 Å². The Hall–Kier alpha value is -1.59. The molecule has 18 heavy (non-hydrogen) atoms. The summed E-state index contributed by atoms with van der Waals surface area (Å²) in [6, 6.07) is -0.864. The fourth-order valence-electron chi connectivity index (χ4n) is 2.23. The maximum atomic E-state index is 11.8. The largest absolute Gasteiger partial charge is 0.480 e. The topological polar surface area (TPSA) is 83.9 Å². The third kappa shape index (κ3) is 2.80. The number of aliphatic carboxylic acids is 1. The summed E-state index contributed by atoms with van der Waals surface area (Å²) in [5.41, 5.74) is 0. The van der Waals surface area contributed by atoms with Gasteiger partial charge in [-0.1, -0.05) is 20.3 Å². The number of carboxylic acids is 1. The van der Waals surface area contributed by atoms with Crippen LogP contribution >= 0.6 is 0 Å². The normalized spacial score (nSPS) is 22.7. The quantitative estimate of drug-likeness (QED) is 0.725. The van der Waals surface area contributed by atoms with E-state index in [4.69, 9.17) is 0 Å². The molecule has 1 rings (SSSR count). The monoisotopic (exact) mass is 257 g/mol. The van der Waals surface area contributed by atoms with Gasteiger partial charge in [-0.2, -0.15) is 0 Å². The summed E-state index contributed by atoms with van der Waals surface area (Å²) in [6.45, 7) is 3.79. The highest BCUT2D eigenvalue weighted by Crippen LogP contribution is 2.25. The second-order valence-corrected chi connectivity index (χ2v) is 4.64. The minimum absolute atomic E-state index is 0.0346. The molecular formula is C12H19NO5. The van der Waals surface area contributed by atoms with E-state index in [1.807, 2.05) is 6.92 Å². The first-order valence-corrected chi connectivity index (χ1v) is 6.02. The fourth-order valence-corrected chi connectivity index (χ4v) is 2.23. The standard InChI is InChI=1S/C12H19NO5/c1-4-7(2)10(11(15)16)13-6-8(5-9(13)14)12(17)18-3/h7-8,10H,4-6H2,1-3H3,(H,15,16)/t7-,8?,10-/m0/s1. The molecule has 0 bridgehead atoms. The zero-order valence-corrected chi connectivity index (χ0v) is 10.9. The smallest absolute Gasteiger partial charge is 0.326 e. The van der Waals surface area contributed by atoms with Crippen molar-refractivity contribution in [2.75, 3.05) is 13.7 Å². The van der Waals surface area contributed by atoms with Crippen molar-refractivity contribution in [3.05, 3.63) is 0 Å². The van der Waals surface area contributed by atoms with Gasteiger partial charge in [-0.25, -0.2) is 4.79 Å². The van der Waals surface area contributed by atoms with Crippen LogP contribution in [0.25, 0.3) is 0 Å². The molecule has 1 fully saturated rings. The molecule has 3 atom stereocenters. The number of methoxy groups -OCH3 is 1. The van der Waals surface area contributed by atoms with E-state index < -0.39 is 23.9 Å². The van der Waals surface area contributed by atoms with E-state index >= 15 is 0 Å². The molecule has 0 aromatic rings. The number of carbonyl (C=O) groups excluding carboxylic acids is 2. The minimum Gasteiger partial charge on any atom is -0.480 e. The van der Waals surface area contributed by atoms with Gasteiger partial charge in [-0.05, 0) is 5.92 Å². The highest BCUT2D eigenvalue weighted by atomic mass is 16.5. The molecule has 1 aliphatic rings. The van der Waals surface area contributed by atoms with E-state index in [0.717, 1.165) is 0 Å². The molecule has 6 nitrogen and oxygen atoms in total. The third-order valence-electron chi connectivity index (χ3n) is 3.46. The number of ether oxygens (including phenoxy) is 1. The predicted molar refractivity (Wildman–Crippen MR) is 62.7 cm³/mol. The van der Waals surface area contributed by atoms with Crippen molar-refractivity contribution in [2.24, 2.45) is 11.8 Å². The van der Waals surface area contributed by atoms with E-state index in [9.17, 15) is 19.5 Å². The second-order valence-electron chi connectivity index (χ2n) is 4.64. The lowest BCUT2D eigenvalue weighted by Crippen LogP contribution is -2.46. The molecule has 1 unspecified atom stereocenters. The van der Waals surface area contributed by atoms with Crippen molar-refractivity contribution in [1.29, 1.82) is 0 Å². The summed E-state index contributed by atoms with van der Waals surface area (Å²) in [7, 11) is 1.26. The Balaban J connectivity index is 2.85. The third-order valence-corrected chi connectivity index (χ3v) is 3.46.